The van der Waals surface area contributed by atoms with E-state index in [1.54, 1.807) is 37.6 Å². The second-order valence-corrected chi connectivity index (χ2v) is 9.44. The topological polar surface area (TPSA) is 106 Å². The molecule has 0 radical (unpaired) electrons. The van der Waals surface area contributed by atoms with Crippen molar-refractivity contribution in [2.45, 2.75) is 18.5 Å². The van der Waals surface area contributed by atoms with Gasteiger partial charge >= 0.3 is 5.97 Å². The summed E-state index contributed by atoms with van der Waals surface area (Å²) >= 11 is 5.72. The van der Waals surface area contributed by atoms with Gasteiger partial charge in [-0.1, -0.05) is 36.4 Å². The van der Waals surface area contributed by atoms with Crippen molar-refractivity contribution < 1.29 is 23.5 Å². The van der Waals surface area contributed by atoms with Gasteiger partial charge in [-0.3, -0.25) is 9.78 Å². The quantitative estimate of drug-likeness (QED) is 0.214. The van der Waals surface area contributed by atoms with E-state index in [1.165, 1.54) is 7.11 Å². The zero-order valence-corrected chi connectivity index (χ0v) is 22.8. The van der Waals surface area contributed by atoms with Gasteiger partial charge in [0.2, 0.25) is 5.91 Å². The molecule has 2 aromatic heterocycles. The number of methoxy groups -OCH3 is 2. The molecule has 9 nitrogen and oxygen atoms in total. The molecule has 0 saturated carbocycles. The molecule has 3 heterocycles. The molecule has 0 unspecified atom stereocenters. The third-order valence-corrected chi connectivity index (χ3v) is 7.03. The number of hydrogen-bond donors (Lipinski definition) is 2. The number of benzene rings is 2. The van der Waals surface area contributed by atoms with Crippen molar-refractivity contribution in [1.29, 1.82) is 0 Å². The fraction of sp³-hybridized carbons (Fsp3) is 0.200. The lowest BCUT2D eigenvalue weighted by Gasteiger charge is -2.26. The number of amides is 1. The van der Waals surface area contributed by atoms with Crippen LogP contribution in [0.4, 0.5) is 5.69 Å². The molecule has 1 aliphatic rings. The third kappa shape index (κ3) is 5.52. The van der Waals surface area contributed by atoms with Gasteiger partial charge in [0.05, 0.1) is 37.2 Å². The summed E-state index contributed by atoms with van der Waals surface area (Å²) in [5.74, 6) is 1.08. The molecule has 2 aromatic carbocycles. The molecule has 1 amide bonds. The Bertz CT molecular complexity index is 1520. The number of carbonyl (C=O) groups is 2. The standard InChI is InChI=1S/C30H28N4O5S/c1-37-24-13-6-5-11-21(24)32-26(35)16-18-34-28(27(33-30(34)40)22-12-7-8-17-31-22)25-15-14-23(39-25)19-9-3-4-10-20(19)29(36)38-2/h3-15,17,27-28H,16,18H2,1-2H3,(H,32,35)(H,33,40)/t27-,28-/m0/s1. The summed E-state index contributed by atoms with van der Waals surface area (Å²) in [6.45, 7) is 0.329. The van der Waals surface area contributed by atoms with Crippen molar-refractivity contribution in [1.82, 2.24) is 15.2 Å². The minimum Gasteiger partial charge on any atom is -0.495 e. The molecule has 1 fully saturated rings. The van der Waals surface area contributed by atoms with E-state index in [0.29, 0.717) is 45.7 Å². The van der Waals surface area contributed by atoms with Gasteiger partial charge in [0.25, 0.3) is 0 Å². The number of nitrogens with zero attached hydrogens (tertiary/aromatic N) is 2. The highest BCUT2D eigenvalue weighted by atomic mass is 32.1. The van der Waals surface area contributed by atoms with Crippen LogP contribution in [-0.4, -0.2) is 47.6 Å². The maximum absolute atomic E-state index is 12.9. The van der Waals surface area contributed by atoms with Crippen molar-refractivity contribution in [3.63, 3.8) is 0 Å². The average Bonchev–Trinajstić information content (AvgIpc) is 3.60. The van der Waals surface area contributed by atoms with Crippen LogP contribution in [0.3, 0.4) is 0 Å². The lowest BCUT2D eigenvalue weighted by atomic mass is 10.0. The molecule has 40 heavy (non-hydrogen) atoms. The van der Waals surface area contributed by atoms with Crippen molar-refractivity contribution in [3.05, 3.63) is 102 Å². The smallest absolute Gasteiger partial charge is 0.338 e. The molecule has 2 atom stereocenters. The van der Waals surface area contributed by atoms with Gasteiger partial charge in [0.1, 0.15) is 23.3 Å². The minimum absolute atomic E-state index is 0.171. The maximum atomic E-state index is 12.9. The number of esters is 1. The highest BCUT2D eigenvalue weighted by Gasteiger charge is 2.41. The number of furan rings is 1. The first-order valence-corrected chi connectivity index (χ1v) is 13.1. The van der Waals surface area contributed by atoms with Crippen LogP contribution >= 0.6 is 12.2 Å². The number of ether oxygens (including phenoxy) is 2. The number of para-hydroxylation sites is 2. The van der Waals surface area contributed by atoms with Crippen LogP contribution in [0.5, 0.6) is 5.75 Å². The van der Waals surface area contributed by atoms with E-state index in [-0.39, 0.29) is 24.4 Å². The van der Waals surface area contributed by atoms with E-state index >= 15 is 0 Å². The average molecular weight is 557 g/mol. The summed E-state index contributed by atoms with van der Waals surface area (Å²) in [5.41, 5.74) is 2.40. The lowest BCUT2D eigenvalue weighted by molar-refractivity contribution is -0.116. The van der Waals surface area contributed by atoms with Gasteiger partial charge in [-0.05, 0) is 54.7 Å². The van der Waals surface area contributed by atoms with Crippen LogP contribution in [0, 0.1) is 0 Å². The van der Waals surface area contributed by atoms with E-state index in [4.69, 9.17) is 26.1 Å². The number of pyridine rings is 1. The van der Waals surface area contributed by atoms with Gasteiger partial charge < -0.3 is 29.4 Å². The lowest BCUT2D eigenvalue weighted by Crippen LogP contribution is -2.32. The second-order valence-electron chi connectivity index (χ2n) is 9.06. The number of hydrogen-bond acceptors (Lipinski definition) is 7. The predicted octanol–water partition coefficient (Wildman–Crippen LogP) is 5.14. The Labute approximate surface area is 237 Å². The Morgan fingerprint density at radius 1 is 1.02 bits per heavy atom. The van der Waals surface area contributed by atoms with Crippen LogP contribution in [-0.2, 0) is 9.53 Å². The molecule has 4 aromatic rings. The Hall–Kier alpha value is -4.70. The van der Waals surface area contributed by atoms with E-state index in [0.717, 1.165) is 5.69 Å². The fourth-order valence-corrected chi connectivity index (χ4v) is 5.11. The Morgan fingerprint density at radius 3 is 2.58 bits per heavy atom. The zero-order chi connectivity index (χ0) is 28.1. The Balaban J connectivity index is 1.43. The first-order valence-electron chi connectivity index (χ1n) is 12.7. The van der Waals surface area contributed by atoms with Crippen molar-refractivity contribution in [2.24, 2.45) is 0 Å². The zero-order valence-electron chi connectivity index (χ0n) is 22.0. The second kappa shape index (κ2) is 12.0. The molecule has 1 saturated heterocycles. The summed E-state index contributed by atoms with van der Waals surface area (Å²) in [6, 6.07) is 23.0. The number of nitrogens with one attached hydrogen (secondary N) is 2. The summed E-state index contributed by atoms with van der Waals surface area (Å²) < 4.78 is 16.7. The van der Waals surface area contributed by atoms with E-state index < -0.39 is 5.97 Å². The van der Waals surface area contributed by atoms with Gasteiger partial charge in [0, 0.05) is 24.7 Å². The monoisotopic (exact) mass is 556 g/mol. The highest BCUT2D eigenvalue weighted by Crippen LogP contribution is 2.41. The first-order chi connectivity index (χ1) is 19.5. The van der Waals surface area contributed by atoms with E-state index in [9.17, 15) is 9.59 Å². The SMILES string of the molecule is COC(=O)c1ccccc1-c1ccc([C@H]2[C@H](c3ccccn3)NC(=S)N2CCC(=O)Nc2ccccc2OC)o1. The van der Waals surface area contributed by atoms with Crippen LogP contribution < -0.4 is 15.4 Å². The van der Waals surface area contributed by atoms with Gasteiger partial charge in [0.15, 0.2) is 5.11 Å². The summed E-state index contributed by atoms with van der Waals surface area (Å²) in [7, 11) is 2.90. The maximum Gasteiger partial charge on any atom is 0.338 e. The van der Waals surface area contributed by atoms with Crippen molar-refractivity contribution in [2.75, 3.05) is 26.1 Å². The van der Waals surface area contributed by atoms with E-state index in [1.807, 2.05) is 59.5 Å². The normalized spacial score (nSPS) is 16.4. The molecule has 0 bridgehead atoms. The van der Waals surface area contributed by atoms with Gasteiger partial charge in [-0.15, -0.1) is 0 Å². The molecule has 10 heteroatoms. The van der Waals surface area contributed by atoms with Crippen LogP contribution in [0.15, 0.2) is 89.5 Å². The molecule has 1 aliphatic heterocycles. The highest BCUT2D eigenvalue weighted by molar-refractivity contribution is 7.80. The summed E-state index contributed by atoms with van der Waals surface area (Å²) in [5, 5.41) is 6.75. The van der Waals surface area contributed by atoms with Crippen LogP contribution in [0.2, 0.25) is 0 Å². The molecule has 204 valence electrons. The first kappa shape index (κ1) is 26.9. The number of anilines is 1. The Kier molecular flexibility index (Phi) is 8.07. The molecule has 0 aliphatic carbocycles. The van der Waals surface area contributed by atoms with Crippen molar-refractivity contribution in [3.8, 4) is 17.1 Å². The molecular formula is C30H28N4O5S. The molecule has 2 N–H and O–H groups in total. The predicted molar refractivity (Wildman–Crippen MR) is 154 cm³/mol. The van der Waals surface area contributed by atoms with Crippen molar-refractivity contribution >= 4 is 34.9 Å². The Morgan fingerprint density at radius 2 is 1.80 bits per heavy atom. The van der Waals surface area contributed by atoms with Gasteiger partial charge in [-0.25, -0.2) is 4.79 Å². The largest absolute Gasteiger partial charge is 0.495 e. The fourth-order valence-electron chi connectivity index (χ4n) is 4.78. The van der Waals surface area contributed by atoms with E-state index in [2.05, 4.69) is 15.6 Å². The molecular weight excluding hydrogens is 528 g/mol. The minimum atomic E-state index is -0.452. The number of thiocarbonyl (C=S) groups is 1. The van der Waals surface area contributed by atoms with Crippen LogP contribution in [0.25, 0.3) is 11.3 Å². The van der Waals surface area contributed by atoms with Gasteiger partial charge in [-0.2, -0.15) is 0 Å². The summed E-state index contributed by atoms with van der Waals surface area (Å²) in [6.07, 6.45) is 1.89. The number of aromatic nitrogens is 1. The molecule has 0 spiro atoms. The molecule has 5 rings (SSSR count). The number of carbonyl (C=O) groups excluding carboxylic acids is 2. The number of rotatable bonds is 9. The summed E-state index contributed by atoms with van der Waals surface area (Å²) in [4.78, 5) is 31.8. The third-order valence-electron chi connectivity index (χ3n) is 6.67. The van der Waals surface area contributed by atoms with Crippen LogP contribution in [0.1, 0.15) is 40.3 Å².